The van der Waals surface area contributed by atoms with Crippen LogP contribution in [-0.2, 0) is 13.0 Å². The lowest BCUT2D eigenvalue weighted by Crippen LogP contribution is -2.36. The van der Waals surface area contributed by atoms with Gasteiger partial charge in [0.1, 0.15) is 0 Å². The van der Waals surface area contributed by atoms with Crippen LogP contribution in [0.5, 0.6) is 0 Å². The molecule has 0 aliphatic carbocycles. The summed E-state index contributed by atoms with van der Waals surface area (Å²) in [5.74, 6) is 0. The highest BCUT2D eigenvalue weighted by Gasteiger charge is 2.17. The Morgan fingerprint density at radius 1 is 1.06 bits per heavy atom. The van der Waals surface area contributed by atoms with Gasteiger partial charge in [0.25, 0.3) is 0 Å². The summed E-state index contributed by atoms with van der Waals surface area (Å²) in [6.45, 7) is 5.18. The number of thiazole rings is 1. The molecule has 182 valence electrons. The van der Waals surface area contributed by atoms with Crippen molar-refractivity contribution in [1.82, 2.24) is 14.3 Å². The van der Waals surface area contributed by atoms with Gasteiger partial charge in [-0.15, -0.1) is 11.3 Å². The number of hydrogen-bond donors (Lipinski definition) is 1. The highest BCUT2D eigenvalue weighted by atomic mass is 35.5. The number of aromatic nitrogens is 2. The molecule has 0 saturated heterocycles. The average Bonchev–Trinajstić information content (AvgIpc) is 3.46. The maximum absolute atomic E-state index is 13.4. The minimum absolute atomic E-state index is 0.107. The number of amides is 2. The smallest absolute Gasteiger partial charge is 0.320 e. The highest BCUT2D eigenvalue weighted by Crippen LogP contribution is 2.25. The number of carbonyl (C=O) groups is 1. The molecule has 3 aromatic carbocycles. The number of nitrogens with one attached hydrogen (secondary N) is 1. The molecule has 1 N–H and O–H groups in total. The van der Waals surface area contributed by atoms with Gasteiger partial charge in [-0.1, -0.05) is 71.8 Å². The van der Waals surface area contributed by atoms with Crippen molar-refractivity contribution in [1.29, 1.82) is 0 Å². The average molecular weight is 515 g/mol. The Balaban J connectivity index is 1.35. The van der Waals surface area contributed by atoms with Gasteiger partial charge in [0.15, 0.2) is 4.96 Å². The van der Waals surface area contributed by atoms with Gasteiger partial charge in [0.2, 0.25) is 0 Å². The summed E-state index contributed by atoms with van der Waals surface area (Å²) in [5.41, 5.74) is 7.22. The Hall–Kier alpha value is -3.61. The summed E-state index contributed by atoms with van der Waals surface area (Å²) in [6, 6.07) is 23.8. The zero-order valence-corrected chi connectivity index (χ0v) is 21.8. The molecular formula is C29H27ClN4OS. The Morgan fingerprint density at radius 2 is 1.83 bits per heavy atom. The molecule has 0 unspecified atom stereocenters. The maximum atomic E-state index is 13.4. The van der Waals surface area contributed by atoms with E-state index in [1.165, 1.54) is 5.56 Å². The van der Waals surface area contributed by atoms with E-state index in [1.54, 1.807) is 11.3 Å². The SMILES string of the molecule is Cc1ccc(NC(=O)N(CCc2csc3nc(-c4ccc(Cl)cc4)cn23)Cc2ccccc2)c(C)c1. The summed E-state index contributed by atoms with van der Waals surface area (Å²) in [5, 5.41) is 5.94. The van der Waals surface area contributed by atoms with Gasteiger partial charge >= 0.3 is 6.03 Å². The number of nitrogens with zero attached hydrogens (tertiary/aromatic N) is 3. The van der Waals surface area contributed by atoms with Gasteiger partial charge in [-0.05, 0) is 43.2 Å². The molecule has 2 amide bonds. The van der Waals surface area contributed by atoms with E-state index in [0.717, 1.165) is 38.7 Å². The predicted octanol–water partition coefficient (Wildman–Crippen LogP) is 7.61. The van der Waals surface area contributed by atoms with Crippen LogP contribution in [0, 0.1) is 13.8 Å². The van der Waals surface area contributed by atoms with Crippen LogP contribution >= 0.6 is 22.9 Å². The van der Waals surface area contributed by atoms with Crippen molar-refractivity contribution in [3.63, 3.8) is 0 Å². The van der Waals surface area contributed by atoms with Crippen molar-refractivity contribution in [2.75, 3.05) is 11.9 Å². The number of carbonyl (C=O) groups excluding carboxylic acids is 1. The molecule has 7 heteroatoms. The zero-order valence-electron chi connectivity index (χ0n) is 20.2. The van der Waals surface area contributed by atoms with Crippen molar-refractivity contribution >= 4 is 39.6 Å². The number of urea groups is 1. The second-order valence-corrected chi connectivity index (χ2v) is 10.2. The molecule has 5 rings (SSSR count). The maximum Gasteiger partial charge on any atom is 0.322 e. The fourth-order valence-corrected chi connectivity index (χ4v) is 5.26. The minimum atomic E-state index is -0.107. The first kappa shape index (κ1) is 24.1. The largest absolute Gasteiger partial charge is 0.322 e. The van der Waals surface area contributed by atoms with Crippen LogP contribution in [0.4, 0.5) is 10.5 Å². The second-order valence-electron chi connectivity index (χ2n) is 8.92. The number of imidazole rings is 1. The van der Waals surface area contributed by atoms with E-state index >= 15 is 0 Å². The van der Waals surface area contributed by atoms with Crippen LogP contribution in [0.25, 0.3) is 16.2 Å². The van der Waals surface area contributed by atoms with Crippen LogP contribution < -0.4 is 5.32 Å². The lowest BCUT2D eigenvalue weighted by Gasteiger charge is -2.24. The van der Waals surface area contributed by atoms with Crippen molar-refractivity contribution in [3.05, 3.63) is 112 Å². The molecular weight excluding hydrogens is 488 g/mol. The third-order valence-corrected chi connectivity index (χ3v) is 7.33. The molecule has 0 aliphatic rings. The molecule has 0 aliphatic heterocycles. The van der Waals surface area contributed by atoms with Crippen molar-refractivity contribution in [2.45, 2.75) is 26.8 Å². The standard InChI is InChI=1S/C29H27ClN4OS/c1-20-8-13-26(21(2)16-20)31-28(35)33(17-22-6-4-3-5-7-22)15-14-25-19-36-29-32-27(18-34(25)29)23-9-11-24(30)12-10-23/h3-13,16,18-19H,14-15,17H2,1-2H3,(H,31,35). The number of fused-ring (bicyclic) bond motifs is 1. The van der Waals surface area contributed by atoms with Crippen LogP contribution in [0.2, 0.25) is 5.02 Å². The van der Waals surface area contributed by atoms with E-state index in [1.807, 2.05) is 66.4 Å². The molecule has 0 spiro atoms. The Kier molecular flexibility index (Phi) is 7.07. The third-order valence-electron chi connectivity index (χ3n) is 6.19. The lowest BCUT2D eigenvalue weighted by atomic mass is 10.1. The molecule has 0 radical (unpaired) electrons. The van der Waals surface area contributed by atoms with Gasteiger partial charge in [-0.2, -0.15) is 0 Å². The molecule has 5 aromatic rings. The van der Waals surface area contributed by atoms with Gasteiger partial charge in [0.05, 0.1) is 5.69 Å². The van der Waals surface area contributed by atoms with E-state index in [-0.39, 0.29) is 6.03 Å². The van der Waals surface area contributed by atoms with Gasteiger partial charge in [-0.3, -0.25) is 4.40 Å². The number of aryl methyl sites for hydroxylation is 2. The highest BCUT2D eigenvalue weighted by molar-refractivity contribution is 7.15. The summed E-state index contributed by atoms with van der Waals surface area (Å²) in [4.78, 5) is 21.0. The third kappa shape index (κ3) is 5.45. The zero-order chi connectivity index (χ0) is 25.1. The molecule has 2 heterocycles. The summed E-state index contributed by atoms with van der Waals surface area (Å²) in [7, 11) is 0. The molecule has 0 bridgehead atoms. The van der Waals surface area contributed by atoms with Gasteiger partial charge < -0.3 is 10.2 Å². The molecule has 36 heavy (non-hydrogen) atoms. The van der Waals surface area contributed by atoms with E-state index < -0.39 is 0 Å². The van der Waals surface area contributed by atoms with Crippen LogP contribution in [0.1, 0.15) is 22.4 Å². The van der Waals surface area contributed by atoms with E-state index in [4.69, 9.17) is 16.6 Å². The molecule has 0 atom stereocenters. The van der Waals surface area contributed by atoms with Gasteiger partial charge in [0, 0.05) is 53.1 Å². The minimum Gasteiger partial charge on any atom is -0.320 e. The Morgan fingerprint density at radius 3 is 2.58 bits per heavy atom. The van der Waals surface area contributed by atoms with Crippen molar-refractivity contribution < 1.29 is 4.79 Å². The number of benzene rings is 3. The van der Waals surface area contributed by atoms with Crippen LogP contribution in [-0.4, -0.2) is 26.9 Å². The van der Waals surface area contributed by atoms with Gasteiger partial charge in [-0.25, -0.2) is 9.78 Å². The molecule has 2 aromatic heterocycles. The number of rotatable bonds is 7. The first-order valence-corrected chi connectivity index (χ1v) is 13.1. The number of hydrogen-bond acceptors (Lipinski definition) is 3. The fraction of sp³-hybridized carbons (Fsp3) is 0.172. The summed E-state index contributed by atoms with van der Waals surface area (Å²) < 4.78 is 2.12. The van der Waals surface area contributed by atoms with E-state index in [9.17, 15) is 4.79 Å². The second kappa shape index (κ2) is 10.6. The molecule has 5 nitrogen and oxygen atoms in total. The topological polar surface area (TPSA) is 49.6 Å². The Labute approximate surface area is 220 Å². The predicted molar refractivity (Wildman–Crippen MR) is 149 cm³/mol. The van der Waals surface area contributed by atoms with E-state index in [0.29, 0.717) is 24.5 Å². The number of anilines is 1. The fourth-order valence-electron chi connectivity index (χ4n) is 4.22. The monoisotopic (exact) mass is 514 g/mol. The lowest BCUT2D eigenvalue weighted by molar-refractivity contribution is 0.209. The van der Waals surface area contributed by atoms with Crippen LogP contribution in [0.15, 0.2) is 84.4 Å². The first-order chi connectivity index (χ1) is 17.5. The molecule has 0 saturated carbocycles. The van der Waals surface area contributed by atoms with E-state index in [2.05, 4.69) is 46.4 Å². The normalized spacial score (nSPS) is 11.1. The Bertz CT molecular complexity index is 1490. The first-order valence-electron chi connectivity index (χ1n) is 11.8. The summed E-state index contributed by atoms with van der Waals surface area (Å²) >= 11 is 7.65. The summed E-state index contributed by atoms with van der Waals surface area (Å²) in [6.07, 6.45) is 2.77. The van der Waals surface area contributed by atoms with Crippen LogP contribution in [0.3, 0.4) is 0 Å². The number of halogens is 1. The van der Waals surface area contributed by atoms with Crippen molar-refractivity contribution in [2.24, 2.45) is 0 Å². The van der Waals surface area contributed by atoms with Crippen molar-refractivity contribution in [3.8, 4) is 11.3 Å². The quantitative estimate of drug-likeness (QED) is 0.243. The molecule has 0 fully saturated rings.